The highest BCUT2D eigenvalue weighted by molar-refractivity contribution is 6.10. The smallest absolute Gasteiger partial charge is 0.238 e. The van der Waals surface area contributed by atoms with Crippen LogP contribution in [0.2, 0.25) is 0 Å². The molecule has 1 spiro atoms. The number of fused-ring (bicyclic) bond motifs is 2. The second-order valence-corrected chi connectivity index (χ2v) is 9.57. The van der Waals surface area contributed by atoms with Gasteiger partial charge in [0, 0.05) is 5.56 Å². The lowest BCUT2D eigenvalue weighted by molar-refractivity contribution is -0.123. The minimum atomic E-state index is -0.497. The van der Waals surface area contributed by atoms with Gasteiger partial charge in [0.2, 0.25) is 5.91 Å². The number of aromatic nitrogens is 2. The number of anilines is 1. The van der Waals surface area contributed by atoms with Crippen LogP contribution in [0, 0.1) is 0 Å². The Morgan fingerprint density at radius 3 is 2.36 bits per heavy atom. The second kappa shape index (κ2) is 8.86. The van der Waals surface area contributed by atoms with Crippen LogP contribution in [0.5, 0.6) is 11.5 Å². The molecule has 1 aliphatic heterocycles. The van der Waals surface area contributed by atoms with E-state index in [-0.39, 0.29) is 5.91 Å². The molecule has 1 amide bonds. The first kappa shape index (κ1) is 22.4. The van der Waals surface area contributed by atoms with Crippen LogP contribution < -0.4 is 14.4 Å². The van der Waals surface area contributed by atoms with Gasteiger partial charge in [0.05, 0.1) is 49.4 Å². The molecule has 6 nitrogen and oxygen atoms in total. The molecule has 1 fully saturated rings. The SMILES string of the molecule is COc1ccc(CN2C(=O)C3(CCCC3)c3cc(-c4ccnn4-c4ccccc4)cc(OC)c32)cc1. The molecule has 0 atom stereocenters. The van der Waals surface area contributed by atoms with Crippen LogP contribution in [-0.4, -0.2) is 29.9 Å². The molecule has 0 unspecified atom stereocenters. The van der Waals surface area contributed by atoms with Crippen LogP contribution in [0.4, 0.5) is 5.69 Å². The zero-order valence-corrected chi connectivity index (χ0v) is 20.6. The lowest BCUT2D eigenvalue weighted by atomic mass is 9.79. The van der Waals surface area contributed by atoms with Gasteiger partial charge in [0.15, 0.2) is 0 Å². The van der Waals surface area contributed by atoms with E-state index in [1.807, 2.05) is 82.5 Å². The fourth-order valence-corrected chi connectivity index (χ4v) is 5.85. The van der Waals surface area contributed by atoms with Gasteiger partial charge in [-0.3, -0.25) is 4.79 Å². The summed E-state index contributed by atoms with van der Waals surface area (Å²) in [5.74, 6) is 1.70. The van der Waals surface area contributed by atoms with Crippen molar-refractivity contribution in [2.45, 2.75) is 37.6 Å². The van der Waals surface area contributed by atoms with Crippen LogP contribution in [0.15, 0.2) is 79.0 Å². The summed E-state index contributed by atoms with van der Waals surface area (Å²) < 4.78 is 13.2. The van der Waals surface area contributed by atoms with E-state index >= 15 is 0 Å². The molecule has 0 radical (unpaired) electrons. The van der Waals surface area contributed by atoms with E-state index in [9.17, 15) is 4.79 Å². The maximum Gasteiger partial charge on any atom is 0.238 e. The zero-order chi connectivity index (χ0) is 24.7. The van der Waals surface area contributed by atoms with Crippen molar-refractivity contribution in [2.75, 3.05) is 19.1 Å². The summed E-state index contributed by atoms with van der Waals surface area (Å²) in [6.45, 7) is 0.495. The van der Waals surface area contributed by atoms with Gasteiger partial charge in [-0.1, -0.05) is 43.2 Å². The Kier molecular flexibility index (Phi) is 5.52. The molecule has 2 heterocycles. The van der Waals surface area contributed by atoms with E-state index in [0.29, 0.717) is 12.3 Å². The molecular formula is C30H29N3O3. The van der Waals surface area contributed by atoms with Crippen molar-refractivity contribution in [3.05, 3.63) is 90.1 Å². The Hall–Kier alpha value is -4.06. The number of benzene rings is 3. The van der Waals surface area contributed by atoms with Crippen molar-refractivity contribution in [3.63, 3.8) is 0 Å². The number of rotatable bonds is 6. The summed E-state index contributed by atoms with van der Waals surface area (Å²) in [5.41, 5.74) is 5.49. The maximum absolute atomic E-state index is 14.1. The lowest BCUT2D eigenvalue weighted by Gasteiger charge is -2.23. The molecule has 36 heavy (non-hydrogen) atoms. The van der Waals surface area contributed by atoms with Gasteiger partial charge >= 0.3 is 0 Å². The van der Waals surface area contributed by atoms with Crippen molar-refractivity contribution in [1.29, 1.82) is 0 Å². The largest absolute Gasteiger partial charge is 0.497 e. The lowest BCUT2D eigenvalue weighted by Crippen LogP contribution is -2.38. The summed E-state index contributed by atoms with van der Waals surface area (Å²) in [6, 6.07) is 24.3. The average molecular weight is 480 g/mol. The number of para-hydroxylation sites is 1. The van der Waals surface area contributed by atoms with Crippen LogP contribution in [-0.2, 0) is 16.8 Å². The fourth-order valence-electron chi connectivity index (χ4n) is 5.85. The highest BCUT2D eigenvalue weighted by Gasteiger charge is 2.53. The van der Waals surface area contributed by atoms with Gasteiger partial charge in [0.1, 0.15) is 11.5 Å². The highest BCUT2D eigenvalue weighted by atomic mass is 16.5. The summed E-state index contributed by atoms with van der Waals surface area (Å²) in [6.07, 6.45) is 5.64. The summed E-state index contributed by atoms with van der Waals surface area (Å²) in [5, 5.41) is 4.59. The van der Waals surface area contributed by atoms with Crippen molar-refractivity contribution in [3.8, 4) is 28.4 Å². The van der Waals surface area contributed by atoms with Gasteiger partial charge in [-0.25, -0.2) is 4.68 Å². The van der Waals surface area contributed by atoms with Gasteiger partial charge < -0.3 is 14.4 Å². The Morgan fingerprint density at radius 1 is 0.917 bits per heavy atom. The first-order chi connectivity index (χ1) is 17.6. The highest BCUT2D eigenvalue weighted by Crippen LogP contribution is 2.55. The minimum Gasteiger partial charge on any atom is -0.497 e. The van der Waals surface area contributed by atoms with Crippen LogP contribution >= 0.6 is 0 Å². The third-order valence-electron chi connectivity index (χ3n) is 7.63. The van der Waals surface area contributed by atoms with Crippen molar-refractivity contribution < 1.29 is 14.3 Å². The zero-order valence-electron chi connectivity index (χ0n) is 20.6. The molecule has 6 rings (SSSR count). The molecule has 3 aromatic carbocycles. The van der Waals surface area contributed by atoms with Crippen LogP contribution in [0.3, 0.4) is 0 Å². The van der Waals surface area contributed by atoms with Gasteiger partial charge in [-0.15, -0.1) is 0 Å². The van der Waals surface area contributed by atoms with Crippen molar-refractivity contribution in [2.24, 2.45) is 0 Å². The van der Waals surface area contributed by atoms with Crippen molar-refractivity contribution >= 4 is 11.6 Å². The Labute approximate surface area is 211 Å². The summed E-state index contributed by atoms with van der Waals surface area (Å²) in [7, 11) is 3.34. The number of hydrogen-bond donors (Lipinski definition) is 0. The van der Waals surface area contributed by atoms with Crippen molar-refractivity contribution in [1.82, 2.24) is 9.78 Å². The van der Waals surface area contributed by atoms with Gasteiger partial charge in [0.25, 0.3) is 0 Å². The van der Waals surface area contributed by atoms with Crippen LogP contribution in [0.1, 0.15) is 36.8 Å². The molecule has 0 saturated heterocycles. The standard InChI is InChI=1S/C30H29N3O3/c1-35-24-12-10-21(11-13-24)20-32-28-25(30(29(32)34)15-6-7-16-30)18-22(19-27(28)36-2)26-14-17-31-33(26)23-8-4-3-5-9-23/h3-5,8-14,17-19H,6-7,15-16,20H2,1-2H3. The van der Waals surface area contributed by atoms with Gasteiger partial charge in [-0.05, 0) is 66.4 Å². The predicted octanol–water partition coefficient (Wildman–Crippen LogP) is 5.92. The molecule has 1 aromatic heterocycles. The molecule has 6 heteroatoms. The minimum absolute atomic E-state index is 0.179. The molecule has 0 N–H and O–H groups in total. The predicted molar refractivity (Wildman–Crippen MR) is 140 cm³/mol. The molecule has 4 aromatic rings. The number of amides is 1. The quantitative estimate of drug-likeness (QED) is 0.345. The molecule has 182 valence electrons. The topological polar surface area (TPSA) is 56.6 Å². The normalized spacial score (nSPS) is 15.9. The molecule has 2 aliphatic rings. The molecule has 1 saturated carbocycles. The van der Waals surface area contributed by atoms with Gasteiger partial charge in [-0.2, -0.15) is 5.10 Å². The molecule has 0 bridgehead atoms. The number of carbonyl (C=O) groups excluding carboxylic acids is 1. The van der Waals surface area contributed by atoms with E-state index < -0.39 is 5.41 Å². The summed E-state index contributed by atoms with van der Waals surface area (Å²) >= 11 is 0. The van der Waals surface area contributed by atoms with E-state index in [1.54, 1.807) is 14.2 Å². The monoisotopic (exact) mass is 479 g/mol. The Balaban J connectivity index is 1.48. The van der Waals surface area contributed by atoms with Crippen LogP contribution in [0.25, 0.3) is 16.9 Å². The maximum atomic E-state index is 14.1. The Bertz CT molecular complexity index is 1400. The van der Waals surface area contributed by atoms with E-state index in [1.165, 1.54) is 0 Å². The summed E-state index contributed by atoms with van der Waals surface area (Å²) in [4.78, 5) is 16.0. The number of carbonyl (C=O) groups is 1. The first-order valence-corrected chi connectivity index (χ1v) is 12.4. The number of methoxy groups -OCH3 is 2. The Morgan fingerprint density at radius 2 is 1.67 bits per heavy atom. The number of nitrogens with zero attached hydrogens (tertiary/aromatic N) is 3. The van der Waals surface area contributed by atoms with E-state index in [2.05, 4.69) is 11.2 Å². The number of hydrogen-bond acceptors (Lipinski definition) is 4. The van der Waals surface area contributed by atoms with E-state index in [0.717, 1.165) is 65.2 Å². The number of ether oxygens (including phenoxy) is 2. The fraction of sp³-hybridized carbons (Fsp3) is 0.267. The second-order valence-electron chi connectivity index (χ2n) is 9.57. The van der Waals surface area contributed by atoms with E-state index in [4.69, 9.17) is 9.47 Å². The molecular weight excluding hydrogens is 450 g/mol. The third-order valence-corrected chi connectivity index (χ3v) is 7.63. The average Bonchev–Trinajstić information content (AvgIpc) is 3.66. The molecule has 1 aliphatic carbocycles. The first-order valence-electron chi connectivity index (χ1n) is 12.4. The third kappa shape index (κ3) is 3.48.